The Balaban J connectivity index is 2.42. The number of nitrogens with one attached hydrogen (secondary N) is 1. The molecule has 0 radical (unpaired) electrons. The van der Waals surface area contributed by atoms with Gasteiger partial charge < -0.3 is 5.32 Å². The van der Waals surface area contributed by atoms with Crippen LogP contribution in [0.25, 0.3) is 0 Å². The van der Waals surface area contributed by atoms with Crippen LogP contribution in [0.2, 0.25) is 0 Å². The van der Waals surface area contributed by atoms with Gasteiger partial charge in [0.05, 0.1) is 17.9 Å². The fraction of sp³-hybridized carbons (Fsp3) is 0.429. The predicted molar refractivity (Wildman–Crippen MR) is 72.2 cm³/mol. The van der Waals surface area contributed by atoms with Crippen LogP contribution in [-0.2, 0) is 6.54 Å². The first kappa shape index (κ1) is 14.6. The molecule has 0 saturated carbocycles. The largest absolute Gasteiger partial charge is 0.305 e. The zero-order chi connectivity index (χ0) is 14.5. The van der Waals surface area contributed by atoms with Crippen LogP contribution in [0.4, 0.5) is 8.78 Å². The number of benzene rings is 1. The van der Waals surface area contributed by atoms with E-state index in [4.69, 9.17) is 0 Å². The van der Waals surface area contributed by atoms with E-state index >= 15 is 0 Å². The van der Waals surface area contributed by atoms with Crippen molar-refractivity contribution in [3.8, 4) is 0 Å². The van der Waals surface area contributed by atoms with Crippen molar-refractivity contribution in [1.82, 2.24) is 20.3 Å². The lowest BCUT2D eigenvalue weighted by molar-refractivity contribution is 0.492. The highest BCUT2D eigenvalue weighted by atomic mass is 19.1. The molecule has 0 amide bonds. The van der Waals surface area contributed by atoms with Crippen LogP contribution in [0.1, 0.15) is 37.6 Å². The Hall–Kier alpha value is -1.82. The molecule has 4 nitrogen and oxygen atoms in total. The van der Waals surface area contributed by atoms with Gasteiger partial charge in [-0.25, -0.2) is 13.5 Å². The van der Waals surface area contributed by atoms with Gasteiger partial charge in [-0.3, -0.25) is 0 Å². The zero-order valence-electron chi connectivity index (χ0n) is 11.6. The van der Waals surface area contributed by atoms with Gasteiger partial charge in [0.2, 0.25) is 0 Å². The minimum atomic E-state index is -0.582. The lowest BCUT2D eigenvalue weighted by Crippen LogP contribution is -2.26. The first-order valence-electron chi connectivity index (χ1n) is 6.74. The van der Waals surface area contributed by atoms with E-state index in [-0.39, 0.29) is 6.04 Å². The third-order valence-corrected chi connectivity index (χ3v) is 3.06. The summed E-state index contributed by atoms with van der Waals surface area (Å²) < 4.78 is 28.8. The average molecular weight is 280 g/mol. The van der Waals surface area contributed by atoms with Gasteiger partial charge in [-0.2, -0.15) is 0 Å². The van der Waals surface area contributed by atoms with Gasteiger partial charge in [-0.05, 0) is 19.0 Å². The summed E-state index contributed by atoms with van der Waals surface area (Å²) in [6, 6.07) is 3.23. The molecule has 6 heteroatoms. The number of aryl methyl sites for hydroxylation is 1. The standard InChI is InChI=1S/C14H18F2N4/c1-3-7-20-13(9-18-19-20)14(17-4-2)11-6-5-10(15)8-12(11)16/h5-6,8-9,14,17H,3-4,7H2,1-2H3. The second-order valence-corrected chi connectivity index (χ2v) is 4.54. The highest BCUT2D eigenvalue weighted by Gasteiger charge is 2.21. The molecule has 0 spiro atoms. The van der Waals surface area contributed by atoms with Crippen LogP contribution < -0.4 is 5.32 Å². The normalized spacial score (nSPS) is 12.6. The number of aromatic nitrogens is 3. The number of hydrogen-bond acceptors (Lipinski definition) is 3. The molecule has 1 unspecified atom stereocenters. The van der Waals surface area contributed by atoms with Crippen molar-refractivity contribution in [1.29, 1.82) is 0 Å². The Morgan fingerprint density at radius 2 is 2.10 bits per heavy atom. The molecule has 108 valence electrons. The third-order valence-electron chi connectivity index (χ3n) is 3.06. The average Bonchev–Trinajstić information content (AvgIpc) is 2.85. The lowest BCUT2D eigenvalue weighted by atomic mass is 10.0. The summed E-state index contributed by atoms with van der Waals surface area (Å²) in [4.78, 5) is 0. The molecule has 0 bridgehead atoms. The Morgan fingerprint density at radius 1 is 1.30 bits per heavy atom. The molecule has 0 aliphatic heterocycles. The number of rotatable bonds is 6. The van der Waals surface area contributed by atoms with E-state index in [0.717, 1.165) is 18.2 Å². The monoisotopic (exact) mass is 280 g/mol. The maximum absolute atomic E-state index is 14.0. The summed E-state index contributed by atoms with van der Waals surface area (Å²) in [5.41, 5.74) is 1.17. The molecule has 2 aromatic rings. The first-order valence-corrected chi connectivity index (χ1v) is 6.74. The van der Waals surface area contributed by atoms with Gasteiger partial charge in [0.1, 0.15) is 11.6 Å². The molecule has 20 heavy (non-hydrogen) atoms. The van der Waals surface area contributed by atoms with Crippen molar-refractivity contribution in [2.75, 3.05) is 6.54 Å². The fourth-order valence-corrected chi connectivity index (χ4v) is 2.19. The molecule has 1 aromatic carbocycles. The van der Waals surface area contributed by atoms with E-state index in [0.29, 0.717) is 18.7 Å². The summed E-state index contributed by atoms with van der Waals surface area (Å²) in [6.07, 6.45) is 2.52. The molecule has 0 aliphatic rings. The Labute approximate surface area is 116 Å². The van der Waals surface area contributed by atoms with Crippen LogP contribution in [-0.4, -0.2) is 21.5 Å². The molecular formula is C14H18F2N4. The molecule has 1 aromatic heterocycles. The molecule has 0 fully saturated rings. The van der Waals surface area contributed by atoms with E-state index in [1.54, 1.807) is 10.9 Å². The second-order valence-electron chi connectivity index (χ2n) is 4.54. The minimum absolute atomic E-state index is 0.387. The van der Waals surface area contributed by atoms with Gasteiger partial charge in [-0.15, -0.1) is 5.10 Å². The van der Waals surface area contributed by atoms with Crippen molar-refractivity contribution in [3.05, 3.63) is 47.3 Å². The van der Waals surface area contributed by atoms with Crippen molar-refractivity contribution < 1.29 is 8.78 Å². The molecule has 2 rings (SSSR count). The van der Waals surface area contributed by atoms with Crippen LogP contribution in [0.3, 0.4) is 0 Å². The summed E-state index contributed by atoms with van der Waals surface area (Å²) in [5, 5.41) is 11.1. The van der Waals surface area contributed by atoms with E-state index in [1.165, 1.54) is 12.1 Å². The number of halogens is 2. The molecule has 1 N–H and O–H groups in total. The van der Waals surface area contributed by atoms with Crippen molar-refractivity contribution in [2.24, 2.45) is 0 Å². The van der Waals surface area contributed by atoms with E-state index in [2.05, 4.69) is 15.6 Å². The third kappa shape index (κ3) is 3.01. The maximum Gasteiger partial charge on any atom is 0.131 e. The van der Waals surface area contributed by atoms with E-state index < -0.39 is 11.6 Å². The lowest BCUT2D eigenvalue weighted by Gasteiger charge is -2.19. The van der Waals surface area contributed by atoms with Gasteiger partial charge >= 0.3 is 0 Å². The van der Waals surface area contributed by atoms with Gasteiger partial charge in [-0.1, -0.05) is 25.1 Å². The molecular weight excluding hydrogens is 262 g/mol. The highest BCUT2D eigenvalue weighted by molar-refractivity contribution is 5.28. The van der Waals surface area contributed by atoms with E-state index in [1.807, 2.05) is 13.8 Å². The number of nitrogens with zero attached hydrogens (tertiary/aromatic N) is 3. The van der Waals surface area contributed by atoms with Crippen LogP contribution in [0.15, 0.2) is 24.4 Å². The fourth-order valence-electron chi connectivity index (χ4n) is 2.19. The summed E-state index contributed by atoms with van der Waals surface area (Å²) in [5.74, 6) is -1.15. The van der Waals surface area contributed by atoms with Crippen LogP contribution in [0, 0.1) is 11.6 Å². The van der Waals surface area contributed by atoms with Crippen molar-refractivity contribution in [3.63, 3.8) is 0 Å². The smallest absolute Gasteiger partial charge is 0.131 e. The summed E-state index contributed by atoms with van der Waals surface area (Å²) in [7, 11) is 0. The SMILES string of the molecule is CCCn1nncc1C(NCC)c1ccc(F)cc1F. The number of hydrogen-bond donors (Lipinski definition) is 1. The summed E-state index contributed by atoms with van der Waals surface area (Å²) in [6.45, 7) is 5.33. The topological polar surface area (TPSA) is 42.7 Å². The molecule has 1 heterocycles. The van der Waals surface area contributed by atoms with Crippen LogP contribution in [0.5, 0.6) is 0 Å². The van der Waals surface area contributed by atoms with Crippen molar-refractivity contribution >= 4 is 0 Å². The summed E-state index contributed by atoms with van der Waals surface area (Å²) >= 11 is 0. The predicted octanol–water partition coefficient (Wildman–Crippen LogP) is 2.67. The second kappa shape index (κ2) is 6.56. The van der Waals surface area contributed by atoms with Gasteiger partial charge in [0.15, 0.2) is 0 Å². The van der Waals surface area contributed by atoms with Gasteiger partial charge in [0.25, 0.3) is 0 Å². The minimum Gasteiger partial charge on any atom is -0.305 e. The zero-order valence-corrected chi connectivity index (χ0v) is 11.6. The molecule has 0 aliphatic carbocycles. The first-order chi connectivity index (χ1) is 9.67. The van der Waals surface area contributed by atoms with Crippen molar-refractivity contribution in [2.45, 2.75) is 32.9 Å². The van der Waals surface area contributed by atoms with Crippen LogP contribution >= 0.6 is 0 Å². The highest BCUT2D eigenvalue weighted by Crippen LogP contribution is 2.24. The Morgan fingerprint density at radius 3 is 2.75 bits per heavy atom. The van der Waals surface area contributed by atoms with E-state index in [9.17, 15) is 8.78 Å². The molecule has 0 saturated heterocycles. The maximum atomic E-state index is 14.0. The molecule has 1 atom stereocenters. The Kier molecular flexibility index (Phi) is 4.79. The van der Waals surface area contributed by atoms with Gasteiger partial charge in [0, 0.05) is 18.2 Å². The quantitative estimate of drug-likeness (QED) is 0.884. The Bertz CT molecular complexity index is 568.